The molecule has 0 radical (unpaired) electrons. The number of hydrogen-bond donors (Lipinski definition) is 0. The average Bonchev–Trinajstić information content (AvgIpc) is 2.96. The maximum Gasteiger partial charge on any atom is 0.150 e. The third-order valence-corrected chi connectivity index (χ3v) is 5.26. The molecule has 0 amide bonds. The van der Waals surface area contributed by atoms with Gasteiger partial charge in [-0.2, -0.15) is 0 Å². The quantitative estimate of drug-likeness (QED) is 0.849. The molecule has 5 heteroatoms. The van der Waals surface area contributed by atoms with Crippen molar-refractivity contribution in [2.75, 3.05) is 38.6 Å². The molecule has 3 rings (SSSR count). The number of fused-ring (bicyclic) bond motifs is 1. The van der Waals surface area contributed by atoms with Crippen LogP contribution in [-0.4, -0.2) is 48.6 Å². The van der Waals surface area contributed by atoms with Crippen LogP contribution in [0.5, 0.6) is 0 Å². The Balaban J connectivity index is 1.57. The molecule has 0 N–H and O–H groups in total. The first-order chi connectivity index (χ1) is 10.2. The maximum atomic E-state index is 4.53. The molecule has 0 saturated carbocycles. The van der Waals surface area contributed by atoms with Gasteiger partial charge < -0.3 is 9.80 Å². The topological polar surface area (TPSA) is 32.3 Å². The predicted molar refractivity (Wildman–Crippen MR) is 90.1 cm³/mol. The van der Waals surface area contributed by atoms with Crippen LogP contribution in [0.4, 0.5) is 5.82 Å². The summed E-state index contributed by atoms with van der Waals surface area (Å²) in [5.41, 5.74) is 1.08. The molecule has 2 aromatic rings. The summed E-state index contributed by atoms with van der Waals surface area (Å²) in [7, 11) is 4.31. The van der Waals surface area contributed by atoms with Crippen molar-refractivity contribution < 1.29 is 0 Å². The fraction of sp³-hybridized carbons (Fsp3) is 0.625. The van der Waals surface area contributed by atoms with E-state index in [9.17, 15) is 0 Å². The lowest BCUT2D eigenvalue weighted by Gasteiger charge is -2.33. The zero-order chi connectivity index (χ0) is 14.7. The number of piperidine rings is 1. The first kappa shape index (κ1) is 14.7. The van der Waals surface area contributed by atoms with Crippen LogP contribution < -0.4 is 4.90 Å². The Morgan fingerprint density at radius 3 is 2.86 bits per heavy atom. The molecular weight excluding hydrogens is 280 g/mol. The van der Waals surface area contributed by atoms with Gasteiger partial charge in [-0.15, -0.1) is 11.3 Å². The molecule has 4 nitrogen and oxygen atoms in total. The summed E-state index contributed by atoms with van der Waals surface area (Å²) in [6.07, 6.45) is 6.98. The molecule has 114 valence electrons. The highest BCUT2D eigenvalue weighted by molar-refractivity contribution is 7.17. The smallest absolute Gasteiger partial charge is 0.150 e. The standard InChI is InChI=1S/C16H24N4S/c1-19(2)8-3-4-13-5-9-20(10-6-13)16-15-14(7-11-21-15)17-12-18-16/h7,11-13H,3-6,8-10H2,1-2H3. The molecule has 0 atom stereocenters. The van der Waals surface area contributed by atoms with E-state index >= 15 is 0 Å². The van der Waals surface area contributed by atoms with Crippen LogP contribution in [0, 0.1) is 5.92 Å². The molecule has 21 heavy (non-hydrogen) atoms. The van der Waals surface area contributed by atoms with Gasteiger partial charge in [-0.1, -0.05) is 0 Å². The molecule has 1 aliphatic rings. The first-order valence-electron chi connectivity index (χ1n) is 7.82. The second kappa shape index (κ2) is 6.71. The van der Waals surface area contributed by atoms with Gasteiger partial charge in [-0.05, 0) is 63.7 Å². The third kappa shape index (κ3) is 3.52. The van der Waals surface area contributed by atoms with Gasteiger partial charge in [0.05, 0.1) is 10.2 Å². The largest absolute Gasteiger partial charge is 0.355 e. The number of hydrogen-bond acceptors (Lipinski definition) is 5. The van der Waals surface area contributed by atoms with E-state index < -0.39 is 0 Å². The highest BCUT2D eigenvalue weighted by Gasteiger charge is 2.21. The van der Waals surface area contributed by atoms with Gasteiger partial charge in [0.15, 0.2) is 0 Å². The molecule has 0 unspecified atom stereocenters. The summed E-state index contributed by atoms with van der Waals surface area (Å²) >= 11 is 1.75. The molecule has 1 aliphatic heterocycles. The number of aromatic nitrogens is 2. The monoisotopic (exact) mass is 304 g/mol. The second-order valence-corrected chi connectivity index (χ2v) is 7.12. The first-order valence-corrected chi connectivity index (χ1v) is 8.70. The lowest BCUT2D eigenvalue weighted by Crippen LogP contribution is -2.34. The Labute approximate surface area is 130 Å². The van der Waals surface area contributed by atoms with Gasteiger partial charge >= 0.3 is 0 Å². The molecule has 2 aromatic heterocycles. The summed E-state index contributed by atoms with van der Waals surface area (Å²) in [4.78, 5) is 13.6. The molecule has 0 aliphatic carbocycles. The highest BCUT2D eigenvalue weighted by atomic mass is 32.1. The van der Waals surface area contributed by atoms with Gasteiger partial charge in [0.1, 0.15) is 12.1 Å². The number of anilines is 1. The Hall–Kier alpha value is -1.20. The van der Waals surface area contributed by atoms with E-state index in [-0.39, 0.29) is 0 Å². The van der Waals surface area contributed by atoms with Gasteiger partial charge in [0, 0.05) is 13.1 Å². The van der Waals surface area contributed by atoms with E-state index in [4.69, 9.17) is 0 Å². The van der Waals surface area contributed by atoms with Crippen LogP contribution in [0.1, 0.15) is 25.7 Å². The van der Waals surface area contributed by atoms with E-state index in [0.29, 0.717) is 0 Å². The van der Waals surface area contributed by atoms with Crippen molar-refractivity contribution in [3.63, 3.8) is 0 Å². The van der Waals surface area contributed by atoms with Crippen molar-refractivity contribution in [1.82, 2.24) is 14.9 Å². The van der Waals surface area contributed by atoms with Crippen LogP contribution in [0.2, 0.25) is 0 Å². The zero-order valence-corrected chi connectivity index (χ0v) is 13.8. The summed E-state index contributed by atoms with van der Waals surface area (Å²) in [5.74, 6) is 2.03. The van der Waals surface area contributed by atoms with E-state index in [2.05, 4.69) is 45.3 Å². The van der Waals surface area contributed by atoms with Crippen LogP contribution >= 0.6 is 11.3 Å². The predicted octanol–water partition coefficient (Wildman–Crippen LogP) is 3.25. The van der Waals surface area contributed by atoms with E-state index in [0.717, 1.165) is 30.3 Å². The van der Waals surface area contributed by atoms with Crippen molar-refractivity contribution in [2.24, 2.45) is 5.92 Å². The summed E-state index contributed by atoms with van der Waals surface area (Å²) in [6.45, 7) is 3.48. The SMILES string of the molecule is CN(C)CCCC1CCN(c2ncnc3ccsc23)CC1. The van der Waals surface area contributed by atoms with Crippen molar-refractivity contribution >= 4 is 27.4 Å². The lowest BCUT2D eigenvalue weighted by atomic mass is 9.92. The van der Waals surface area contributed by atoms with Crippen LogP contribution in [0.25, 0.3) is 10.2 Å². The number of rotatable bonds is 5. The molecular formula is C16H24N4S. The minimum atomic E-state index is 0.891. The molecule has 0 bridgehead atoms. The Morgan fingerprint density at radius 2 is 2.10 bits per heavy atom. The van der Waals surface area contributed by atoms with Crippen molar-refractivity contribution in [1.29, 1.82) is 0 Å². The molecule has 1 fully saturated rings. The minimum Gasteiger partial charge on any atom is -0.355 e. The molecule has 3 heterocycles. The normalized spacial score (nSPS) is 17.0. The second-order valence-electron chi connectivity index (χ2n) is 6.21. The number of nitrogens with zero attached hydrogens (tertiary/aromatic N) is 4. The van der Waals surface area contributed by atoms with Crippen molar-refractivity contribution in [3.8, 4) is 0 Å². The zero-order valence-electron chi connectivity index (χ0n) is 13.0. The Morgan fingerprint density at radius 1 is 1.29 bits per heavy atom. The van der Waals surface area contributed by atoms with Gasteiger partial charge in [0.25, 0.3) is 0 Å². The lowest BCUT2D eigenvalue weighted by molar-refractivity contribution is 0.331. The van der Waals surface area contributed by atoms with E-state index in [1.165, 1.54) is 36.9 Å². The van der Waals surface area contributed by atoms with Gasteiger partial charge in [-0.25, -0.2) is 9.97 Å². The van der Waals surface area contributed by atoms with Crippen LogP contribution in [0.15, 0.2) is 17.8 Å². The van der Waals surface area contributed by atoms with E-state index in [1.54, 1.807) is 17.7 Å². The fourth-order valence-electron chi connectivity index (χ4n) is 3.13. The maximum absolute atomic E-state index is 4.53. The molecule has 1 saturated heterocycles. The van der Waals surface area contributed by atoms with E-state index in [1.807, 2.05) is 0 Å². The van der Waals surface area contributed by atoms with Crippen LogP contribution in [-0.2, 0) is 0 Å². The Bertz CT molecular complexity index is 572. The third-order valence-electron chi connectivity index (χ3n) is 4.36. The highest BCUT2D eigenvalue weighted by Crippen LogP contribution is 2.31. The fourth-order valence-corrected chi connectivity index (χ4v) is 3.99. The molecule has 0 aromatic carbocycles. The molecule has 0 spiro atoms. The Kier molecular flexibility index (Phi) is 4.70. The number of thiophene rings is 1. The van der Waals surface area contributed by atoms with Crippen molar-refractivity contribution in [2.45, 2.75) is 25.7 Å². The van der Waals surface area contributed by atoms with Crippen molar-refractivity contribution in [3.05, 3.63) is 17.8 Å². The summed E-state index contributed by atoms with van der Waals surface area (Å²) < 4.78 is 1.24. The minimum absolute atomic E-state index is 0.891. The van der Waals surface area contributed by atoms with Gasteiger partial charge in [0.2, 0.25) is 0 Å². The van der Waals surface area contributed by atoms with Gasteiger partial charge in [-0.3, -0.25) is 0 Å². The average molecular weight is 304 g/mol. The summed E-state index contributed by atoms with van der Waals surface area (Å²) in [5, 5.41) is 2.11. The van der Waals surface area contributed by atoms with Crippen LogP contribution in [0.3, 0.4) is 0 Å². The summed E-state index contributed by atoms with van der Waals surface area (Å²) in [6, 6.07) is 2.08.